The largest absolute Gasteiger partial charge is 0.329 e. The predicted molar refractivity (Wildman–Crippen MR) is 130 cm³/mol. The average molecular weight is 438 g/mol. The maximum absolute atomic E-state index is 13.6. The fraction of sp³-hybridized carbons (Fsp3) is 0.111. The minimum atomic E-state index is 0.0349. The molecule has 0 bridgehead atoms. The zero-order valence-corrected chi connectivity index (χ0v) is 18.6. The van der Waals surface area contributed by atoms with E-state index in [4.69, 9.17) is 4.98 Å². The summed E-state index contributed by atoms with van der Waals surface area (Å²) >= 11 is 1.50. The molecule has 4 nitrogen and oxygen atoms in total. The maximum atomic E-state index is 13.6. The molecule has 0 saturated heterocycles. The quantitative estimate of drug-likeness (QED) is 0.320. The summed E-state index contributed by atoms with van der Waals surface area (Å²) in [6, 6.07) is 32.3. The number of aryl methyl sites for hydroxylation is 1. The summed E-state index contributed by atoms with van der Waals surface area (Å²) < 4.78 is 2.08. The third-order valence-corrected chi connectivity index (χ3v) is 6.61. The topological polar surface area (TPSA) is 38.1 Å². The highest BCUT2D eigenvalue weighted by Crippen LogP contribution is 2.31. The van der Waals surface area contributed by atoms with Gasteiger partial charge in [-0.2, -0.15) is 0 Å². The first-order chi connectivity index (χ1) is 15.7. The van der Waals surface area contributed by atoms with Crippen LogP contribution < -0.4 is 0 Å². The van der Waals surface area contributed by atoms with E-state index in [9.17, 15) is 4.79 Å². The summed E-state index contributed by atoms with van der Waals surface area (Å²) in [6.07, 6.45) is 0. The van der Waals surface area contributed by atoms with E-state index in [1.54, 1.807) is 0 Å². The summed E-state index contributed by atoms with van der Waals surface area (Å²) in [5.41, 5.74) is 4.27. The number of thiophene rings is 1. The molecule has 0 unspecified atom stereocenters. The van der Waals surface area contributed by atoms with E-state index in [0.29, 0.717) is 13.1 Å². The molecule has 0 saturated carbocycles. The van der Waals surface area contributed by atoms with E-state index < -0.39 is 0 Å². The van der Waals surface area contributed by atoms with E-state index >= 15 is 0 Å². The van der Waals surface area contributed by atoms with Gasteiger partial charge in [-0.25, -0.2) is 4.98 Å². The van der Waals surface area contributed by atoms with Crippen molar-refractivity contribution in [1.82, 2.24) is 14.5 Å². The Labute approximate surface area is 191 Å². The number of nitrogens with zero attached hydrogens (tertiary/aromatic N) is 3. The number of hydrogen-bond acceptors (Lipinski definition) is 3. The molecule has 2 aromatic heterocycles. The maximum Gasteiger partial charge on any atom is 0.264 e. The van der Waals surface area contributed by atoms with Gasteiger partial charge in [0, 0.05) is 20.1 Å². The van der Waals surface area contributed by atoms with Crippen LogP contribution in [0.4, 0.5) is 0 Å². The van der Waals surface area contributed by atoms with Crippen molar-refractivity contribution in [2.45, 2.75) is 13.1 Å². The lowest BCUT2D eigenvalue weighted by molar-refractivity contribution is 0.0735. The van der Waals surface area contributed by atoms with Crippen molar-refractivity contribution in [1.29, 1.82) is 0 Å². The number of rotatable bonds is 6. The van der Waals surface area contributed by atoms with Crippen molar-refractivity contribution in [3.05, 3.63) is 113 Å². The summed E-state index contributed by atoms with van der Waals surface area (Å²) in [5, 5.41) is 0. The number of amides is 1. The van der Waals surface area contributed by atoms with Gasteiger partial charge in [0.15, 0.2) is 5.82 Å². The molecular formula is C27H23N3OS. The zero-order valence-electron chi connectivity index (χ0n) is 17.8. The van der Waals surface area contributed by atoms with E-state index in [1.807, 2.05) is 78.7 Å². The van der Waals surface area contributed by atoms with Crippen molar-refractivity contribution in [2.75, 3.05) is 0 Å². The number of benzene rings is 3. The van der Waals surface area contributed by atoms with E-state index in [0.717, 1.165) is 37.7 Å². The molecule has 2 heterocycles. The van der Waals surface area contributed by atoms with Crippen LogP contribution in [0.3, 0.4) is 0 Å². The molecule has 32 heavy (non-hydrogen) atoms. The number of aromatic nitrogens is 2. The Bertz CT molecular complexity index is 1310. The van der Waals surface area contributed by atoms with Crippen molar-refractivity contribution in [3.8, 4) is 10.7 Å². The van der Waals surface area contributed by atoms with E-state index in [1.165, 1.54) is 11.3 Å². The standard InChI is InChI=1S/C27H23N3OS/c1-29-23-15-9-8-14-22(23)28-26(29)24-16-17-25(32-24)27(31)30(18-20-10-4-2-5-11-20)19-21-12-6-3-7-13-21/h2-17H,18-19H2,1H3. The number of hydrogen-bond donors (Lipinski definition) is 0. The SMILES string of the molecule is Cn1c(-c2ccc(C(=O)N(Cc3ccccc3)Cc3ccccc3)s2)nc2ccccc21. The first-order valence-electron chi connectivity index (χ1n) is 10.6. The highest BCUT2D eigenvalue weighted by Gasteiger charge is 2.20. The van der Waals surface area contributed by atoms with Crippen LogP contribution in [0, 0.1) is 0 Å². The van der Waals surface area contributed by atoms with Crippen LogP contribution in [0.2, 0.25) is 0 Å². The Morgan fingerprint density at radius 3 is 2.03 bits per heavy atom. The van der Waals surface area contributed by atoms with Crippen LogP contribution in [-0.2, 0) is 20.1 Å². The molecule has 1 amide bonds. The van der Waals surface area contributed by atoms with Crippen LogP contribution in [0.15, 0.2) is 97.1 Å². The van der Waals surface area contributed by atoms with Crippen molar-refractivity contribution >= 4 is 28.3 Å². The van der Waals surface area contributed by atoms with Gasteiger partial charge in [-0.1, -0.05) is 72.8 Å². The molecule has 5 aromatic rings. The molecule has 158 valence electrons. The van der Waals surface area contributed by atoms with Crippen molar-refractivity contribution < 1.29 is 4.79 Å². The van der Waals surface area contributed by atoms with Gasteiger partial charge < -0.3 is 9.47 Å². The second-order valence-corrected chi connectivity index (χ2v) is 8.86. The summed E-state index contributed by atoms with van der Waals surface area (Å²) in [5.74, 6) is 0.917. The van der Waals surface area contributed by atoms with Gasteiger partial charge in [0.1, 0.15) is 0 Å². The van der Waals surface area contributed by atoms with Crippen LogP contribution in [-0.4, -0.2) is 20.4 Å². The van der Waals surface area contributed by atoms with Gasteiger partial charge in [-0.3, -0.25) is 4.79 Å². The van der Waals surface area contributed by atoms with Crippen molar-refractivity contribution in [2.24, 2.45) is 7.05 Å². The third-order valence-electron chi connectivity index (χ3n) is 5.54. The normalized spacial score (nSPS) is 11.0. The lowest BCUT2D eigenvalue weighted by Crippen LogP contribution is -2.29. The number of carbonyl (C=O) groups excluding carboxylic acids is 1. The third kappa shape index (κ3) is 4.07. The molecular weight excluding hydrogens is 414 g/mol. The van der Waals surface area contributed by atoms with Gasteiger partial charge in [0.25, 0.3) is 5.91 Å². The molecule has 0 aliphatic heterocycles. The van der Waals surface area contributed by atoms with Gasteiger partial charge in [0.2, 0.25) is 0 Å². The average Bonchev–Trinajstić information content (AvgIpc) is 3.45. The Balaban J connectivity index is 1.45. The molecule has 0 atom stereocenters. The molecule has 0 aliphatic carbocycles. The summed E-state index contributed by atoms with van der Waals surface area (Å²) in [4.78, 5) is 22.0. The van der Waals surface area contributed by atoms with Gasteiger partial charge >= 0.3 is 0 Å². The fourth-order valence-corrected chi connectivity index (χ4v) is 4.90. The van der Waals surface area contributed by atoms with Gasteiger partial charge in [-0.05, 0) is 35.4 Å². The Kier molecular flexibility index (Phi) is 5.57. The Hall–Kier alpha value is -3.70. The fourth-order valence-electron chi connectivity index (χ4n) is 3.90. The van der Waals surface area contributed by atoms with E-state index in [2.05, 4.69) is 34.9 Å². The highest BCUT2D eigenvalue weighted by atomic mass is 32.1. The smallest absolute Gasteiger partial charge is 0.264 e. The number of fused-ring (bicyclic) bond motifs is 1. The first kappa shape index (κ1) is 20.2. The van der Waals surface area contributed by atoms with Crippen molar-refractivity contribution in [3.63, 3.8) is 0 Å². The molecule has 3 aromatic carbocycles. The molecule has 5 rings (SSSR count). The minimum absolute atomic E-state index is 0.0349. The molecule has 5 heteroatoms. The second-order valence-electron chi connectivity index (χ2n) is 7.78. The van der Waals surface area contributed by atoms with Gasteiger partial charge in [0.05, 0.1) is 20.8 Å². The number of imidazole rings is 1. The van der Waals surface area contributed by atoms with Crippen LogP contribution in [0.1, 0.15) is 20.8 Å². The monoisotopic (exact) mass is 437 g/mol. The summed E-state index contributed by atoms with van der Waals surface area (Å²) in [7, 11) is 2.02. The minimum Gasteiger partial charge on any atom is -0.329 e. The summed E-state index contributed by atoms with van der Waals surface area (Å²) in [6.45, 7) is 1.13. The highest BCUT2D eigenvalue weighted by molar-refractivity contribution is 7.17. The lowest BCUT2D eigenvalue weighted by atomic mass is 10.1. The lowest BCUT2D eigenvalue weighted by Gasteiger charge is -2.22. The molecule has 0 N–H and O–H groups in total. The van der Waals surface area contributed by atoms with Gasteiger partial charge in [-0.15, -0.1) is 11.3 Å². The second kappa shape index (κ2) is 8.81. The molecule has 0 spiro atoms. The molecule has 0 fully saturated rings. The van der Waals surface area contributed by atoms with Crippen LogP contribution >= 0.6 is 11.3 Å². The van der Waals surface area contributed by atoms with E-state index in [-0.39, 0.29) is 5.91 Å². The Morgan fingerprint density at radius 2 is 1.41 bits per heavy atom. The predicted octanol–water partition coefficient (Wildman–Crippen LogP) is 6.14. The molecule has 0 radical (unpaired) electrons. The number of para-hydroxylation sites is 2. The number of carbonyl (C=O) groups is 1. The molecule has 0 aliphatic rings. The van der Waals surface area contributed by atoms with Crippen LogP contribution in [0.25, 0.3) is 21.7 Å². The Morgan fingerprint density at radius 1 is 0.812 bits per heavy atom. The zero-order chi connectivity index (χ0) is 21.9. The van der Waals surface area contributed by atoms with Crippen LogP contribution in [0.5, 0.6) is 0 Å². The first-order valence-corrected chi connectivity index (χ1v) is 11.4.